The maximum absolute atomic E-state index is 12.2. The quantitative estimate of drug-likeness (QED) is 0.775. The number of amides is 1. The normalized spacial score (nSPS) is 23.2. The molecule has 1 fully saturated rings. The van der Waals surface area contributed by atoms with E-state index in [2.05, 4.69) is 29.1 Å². The Morgan fingerprint density at radius 2 is 2.30 bits per heavy atom. The molecular formula is C13H22N4OS2. The molecule has 0 spiro atoms. The van der Waals surface area contributed by atoms with Gasteiger partial charge in [0, 0.05) is 20.1 Å². The van der Waals surface area contributed by atoms with Gasteiger partial charge in [0.15, 0.2) is 4.34 Å². The Kier molecular flexibility index (Phi) is 5.04. The number of rotatable bonds is 5. The summed E-state index contributed by atoms with van der Waals surface area (Å²) >= 11 is 3.02. The van der Waals surface area contributed by atoms with Crippen LogP contribution >= 0.6 is 23.1 Å². The topological polar surface area (TPSA) is 49.3 Å². The van der Waals surface area contributed by atoms with Gasteiger partial charge in [0.2, 0.25) is 5.91 Å². The molecule has 1 aromatic rings. The number of aromatic nitrogens is 2. The van der Waals surface area contributed by atoms with Crippen LogP contribution in [-0.4, -0.2) is 65.4 Å². The number of carbonyl (C=O) groups excluding carboxylic acids is 1. The number of nitrogens with zero attached hydrogens (tertiary/aromatic N) is 4. The Hall–Kier alpha value is -0.660. The predicted octanol–water partition coefficient (Wildman–Crippen LogP) is 1.74. The molecule has 112 valence electrons. The number of hydrogen-bond donors (Lipinski definition) is 0. The SMILES string of the molecule is Cc1nnc(SCC(=O)N(C)CC2(C)CCN(C)C2)s1. The van der Waals surface area contributed by atoms with Crippen molar-refractivity contribution in [2.24, 2.45) is 5.41 Å². The van der Waals surface area contributed by atoms with Gasteiger partial charge in [-0.3, -0.25) is 4.79 Å². The molecule has 1 aliphatic heterocycles. The van der Waals surface area contributed by atoms with Gasteiger partial charge in [-0.25, -0.2) is 0 Å². The Balaban J connectivity index is 1.80. The first-order chi connectivity index (χ1) is 9.38. The standard InChI is InChI=1S/C13H22N4OS2/c1-10-14-15-12(20-10)19-7-11(18)17(4)9-13(2)5-6-16(3)8-13/h5-9H2,1-4H3. The Morgan fingerprint density at radius 3 is 2.85 bits per heavy atom. The average Bonchev–Trinajstić information content (AvgIpc) is 2.92. The van der Waals surface area contributed by atoms with Gasteiger partial charge in [-0.15, -0.1) is 10.2 Å². The summed E-state index contributed by atoms with van der Waals surface area (Å²) in [6, 6.07) is 0. The second kappa shape index (κ2) is 6.41. The highest BCUT2D eigenvalue weighted by Gasteiger charge is 2.33. The van der Waals surface area contributed by atoms with Crippen LogP contribution in [0.3, 0.4) is 0 Å². The smallest absolute Gasteiger partial charge is 0.232 e. The zero-order valence-corrected chi connectivity index (χ0v) is 14.2. The van der Waals surface area contributed by atoms with E-state index in [-0.39, 0.29) is 11.3 Å². The summed E-state index contributed by atoms with van der Waals surface area (Å²) in [6.07, 6.45) is 1.16. The van der Waals surface area contributed by atoms with Crippen molar-refractivity contribution >= 4 is 29.0 Å². The average molecular weight is 314 g/mol. The highest BCUT2D eigenvalue weighted by atomic mass is 32.2. The third-order valence-electron chi connectivity index (χ3n) is 3.62. The lowest BCUT2D eigenvalue weighted by Gasteiger charge is -2.29. The van der Waals surface area contributed by atoms with Crippen molar-refractivity contribution in [3.63, 3.8) is 0 Å². The molecule has 20 heavy (non-hydrogen) atoms. The highest BCUT2D eigenvalue weighted by molar-refractivity contribution is 8.01. The number of thioether (sulfide) groups is 1. The van der Waals surface area contributed by atoms with Crippen molar-refractivity contribution in [1.82, 2.24) is 20.0 Å². The lowest BCUT2D eigenvalue weighted by atomic mass is 9.89. The van der Waals surface area contributed by atoms with Crippen molar-refractivity contribution in [1.29, 1.82) is 0 Å². The summed E-state index contributed by atoms with van der Waals surface area (Å²) in [7, 11) is 4.04. The van der Waals surface area contributed by atoms with E-state index in [4.69, 9.17) is 0 Å². The summed E-state index contributed by atoms with van der Waals surface area (Å²) in [5.74, 6) is 0.607. The van der Waals surface area contributed by atoms with Crippen LogP contribution in [0.15, 0.2) is 4.34 Å². The second-order valence-corrected chi connectivity index (χ2v) is 8.33. The van der Waals surface area contributed by atoms with Crippen LogP contribution in [0.2, 0.25) is 0 Å². The van der Waals surface area contributed by atoms with Crippen LogP contribution in [0.25, 0.3) is 0 Å². The van der Waals surface area contributed by atoms with E-state index >= 15 is 0 Å². The molecule has 1 saturated heterocycles. The zero-order chi connectivity index (χ0) is 14.8. The fourth-order valence-corrected chi connectivity index (χ4v) is 4.39. The number of carbonyl (C=O) groups is 1. The van der Waals surface area contributed by atoms with Gasteiger partial charge >= 0.3 is 0 Å². The fourth-order valence-electron chi connectivity index (χ4n) is 2.63. The van der Waals surface area contributed by atoms with Crippen molar-refractivity contribution in [2.75, 3.05) is 39.5 Å². The molecule has 0 aromatic carbocycles. The summed E-state index contributed by atoms with van der Waals surface area (Å²) < 4.78 is 0.871. The van der Waals surface area contributed by atoms with Crippen molar-refractivity contribution in [3.05, 3.63) is 5.01 Å². The molecule has 0 saturated carbocycles. The minimum Gasteiger partial charge on any atom is -0.344 e. The molecule has 1 aromatic heterocycles. The lowest BCUT2D eigenvalue weighted by molar-refractivity contribution is -0.128. The molecule has 7 heteroatoms. The molecule has 1 atom stereocenters. The van der Waals surface area contributed by atoms with Crippen LogP contribution in [0.5, 0.6) is 0 Å². The zero-order valence-electron chi connectivity index (χ0n) is 12.5. The molecule has 0 aliphatic carbocycles. The summed E-state index contributed by atoms with van der Waals surface area (Å²) in [4.78, 5) is 16.4. The van der Waals surface area contributed by atoms with Crippen LogP contribution in [0.1, 0.15) is 18.4 Å². The van der Waals surface area contributed by atoms with E-state index in [0.717, 1.165) is 35.4 Å². The Labute approximate surface area is 128 Å². The lowest BCUT2D eigenvalue weighted by Crippen LogP contribution is -2.39. The van der Waals surface area contributed by atoms with E-state index in [1.54, 1.807) is 0 Å². The van der Waals surface area contributed by atoms with Crippen LogP contribution in [-0.2, 0) is 4.79 Å². The second-order valence-electron chi connectivity index (χ2n) is 5.92. The Bertz CT molecular complexity index is 479. The van der Waals surface area contributed by atoms with Gasteiger partial charge in [-0.1, -0.05) is 30.0 Å². The van der Waals surface area contributed by atoms with Gasteiger partial charge in [-0.2, -0.15) is 0 Å². The monoisotopic (exact) mass is 314 g/mol. The minimum atomic E-state index is 0.165. The number of likely N-dealkylation sites (tertiary alicyclic amines) is 1. The van der Waals surface area contributed by atoms with Gasteiger partial charge in [0.1, 0.15) is 5.01 Å². The Morgan fingerprint density at radius 1 is 1.55 bits per heavy atom. The predicted molar refractivity (Wildman–Crippen MR) is 83.2 cm³/mol. The summed E-state index contributed by atoms with van der Waals surface area (Å²) in [5.41, 5.74) is 0.225. The third kappa shape index (κ3) is 4.17. The van der Waals surface area contributed by atoms with Gasteiger partial charge in [0.25, 0.3) is 0 Å². The molecule has 2 heterocycles. The summed E-state index contributed by atoms with van der Waals surface area (Å²) in [6.45, 7) is 7.20. The molecule has 1 unspecified atom stereocenters. The maximum Gasteiger partial charge on any atom is 0.232 e. The largest absolute Gasteiger partial charge is 0.344 e. The van der Waals surface area contributed by atoms with Crippen LogP contribution in [0.4, 0.5) is 0 Å². The van der Waals surface area contributed by atoms with E-state index in [9.17, 15) is 4.79 Å². The molecule has 1 aliphatic rings. The summed E-state index contributed by atoms with van der Waals surface area (Å²) in [5, 5.41) is 8.93. The van der Waals surface area contributed by atoms with E-state index < -0.39 is 0 Å². The van der Waals surface area contributed by atoms with Crippen LogP contribution in [0, 0.1) is 12.3 Å². The van der Waals surface area contributed by atoms with E-state index in [1.165, 1.54) is 23.1 Å². The minimum absolute atomic E-state index is 0.165. The third-order valence-corrected chi connectivity index (χ3v) is 5.58. The van der Waals surface area contributed by atoms with Gasteiger partial charge < -0.3 is 9.80 Å². The first-order valence-electron chi connectivity index (χ1n) is 6.73. The molecule has 2 rings (SSSR count). The molecule has 5 nitrogen and oxygen atoms in total. The molecule has 0 bridgehead atoms. The fraction of sp³-hybridized carbons (Fsp3) is 0.769. The van der Waals surface area contributed by atoms with Gasteiger partial charge in [0.05, 0.1) is 5.75 Å². The number of aryl methyl sites for hydroxylation is 1. The van der Waals surface area contributed by atoms with Crippen molar-refractivity contribution in [3.8, 4) is 0 Å². The van der Waals surface area contributed by atoms with Crippen molar-refractivity contribution in [2.45, 2.75) is 24.6 Å². The first kappa shape index (κ1) is 15.7. The van der Waals surface area contributed by atoms with E-state index in [1.807, 2.05) is 18.9 Å². The molecular weight excluding hydrogens is 292 g/mol. The first-order valence-corrected chi connectivity index (χ1v) is 8.54. The van der Waals surface area contributed by atoms with Crippen LogP contribution < -0.4 is 0 Å². The van der Waals surface area contributed by atoms with E-state index in [0.29, 0.717) is 5.75 Å². The molecule has 0 radical (unpaired) electrons. The number of hydrogen-bond acceptors (Lipinski definition) is 6. The molecule has 0 N–H and O–H groups in total. The molecule has 1 amide bonds. The maximum atomic E-state index is 12.2. The van der Waals surface area contributed by atoms with Gasteiger partial charge in [-0.05, 0) is 32.4 Å². The van der Waals surface area contributed by atoms with Crippen molar-refractivity contribution < 1.29 is 4.79 Å². The highest BCUT2D eigenvalue weighted by Crippen LogP contribution is 2.30.